The van der Waals surface area contributed by atoms with Gasteiger partial charge in [-0.1, -0.05) is 51.5 Å². The van der Waals surface area contributed by atoms with E-state index in [1.54, 1.807) is 0 Å². The third-order valence-electron chi connectivity index (χ3n) is 2.37. The van der Waals surface area contributed by atoms with E-state index in [0.29, 0.717) is 0 Å². The van der Waals surface area contributed by atoms with Crippen molar-refractivity contribution in [3.63, 3.8) is 0 Å². The molecule has 0 unspecified atom stereocenters. The zero-order chi connectivity index (χ0) is 10.2. The number of unbranched alkanes of at least 4 members (excludes halogenated alkanes) is 5. The maximum absolute atomic E-state index is 6.16. The van der Waals surface area contributed by atoms with Gasteiger partial charge in [0.05, 0.1) is 0 Å². The molecular weight excluding hydrogens is 196 g/mol. The van der Waals surface area contributed by atoms with E-state index >= 15 is 0 Å². The molecule has 0 atom stereocenters. The zero-order valence-electron chi connectivity index (χ0n) is 9.53. The van der Waals surface area contributed by atoms with Crippen LogP contribution in [-0.2, 0) is 0 Å². The van der Waals surface area contributed by atoms with Crippen LogP contribution in [0.5, 0.6) is 0 Å². The molecule has 0 aliphatic heterocycles. The molecule has 0 rings (SSSR count). The van der Waals surface area contributed by atoms with Crippen LogP contribution in [-0.4, -0.2) is 14.0 Å². The molecule has 0 bridgehead atoms. The van der Waals surface area contributed by atoms with Crippen LogP contribution >= 0.6 is 11.6 Å². The smallest absolute Gasteiger partial charge is 0.0450 e. The van der Waals surface area contributed by atoms with Crippen molar-refractivity contribution >= 4 is 21.1 Å². The summed E-state index contributed by atoms with van der Waals surface area (Å²) in [7, 11) is -0.0244. The molecule has 0 saturated carbocycles. The van der Waals surface area contributed by atoms with Crippen LogP contribution in [0, 0.1) is 0 Å². The van der Waals surface area contributed by atoms with E-state index in [1.165, 1.54) is 44.6 Å². The van der Waals surface area contributed by atoms with Crippen LogP contribution in [0.3, 0.4) is 0 Å². The van der Waals surface area contributed by atoms with E-state index in [4.69, 9.17) is 11.6 Å². The van der Waals surface area contributed by atoms with Gasteiger partial charge < -0.3 is 0 Å². The van der Waals surface area contributed by atoms with Crippen molar-refractivity contribution in [2.45, 2.75) is 69.8 Å². The standard InChI is InChI=1S/C11H25ClSi/c1-4-5-6-7-8-9-10-13-11(2,3)12/h4-10,13H2,1-3H3. The highest BCUT2D eigenvalue weighted by atomic mass is 35.5. The summed E-state index contributed by atoms with van der Waals surface area (Å²) in [5.41, 5.74) is 0. The fraction of sp³-hybridized carbons (Fsp3) is 1.00. The highest BCUT2D eigenvalue weighted by molar-refractivity contribution is 6.56. The Labute approximate surface area is 91.3 Å². The van der Waals surface area contributed by atoms with Gasteiger partial charge in [-0.05, 0) is 13.8 Å². The van der Waals surface area contributed by atoms with Crippen LogP contribution in [0.25, 0.3) is 0 Å². The van der Waals surface area contributed by atoms with Gasteiger partial charge in [0.2, 0.25) is 0 Å². The predicted octanol–water partition coefficient (Wildman–Crippen LogP) is 3.91. The molecule has 0 amide bonds. The highest BCUT2D eigenvalue weighted by Crippen LogP contribution is 2.14. The van der Waals surface area contributed by atoms with Crippen LogP contribution in [0.2, 0.25) is 6.04 Å². The van der Waals surface area contributed by atoms with Crippen molar-refractivity contribution in [2.24, 2.45) is 0 Å². The lowest BCUT2D eigenvalue weighted by Gasteiger charge is -2.13. The van der Waals surface area contributed by atoms with E-state index in [1.807, 2.05) is 0 Å². The highest BCUT2D eigenvalue weighted by Gasteiger charge is 2.12. The number of alkyl halides is 1. The van der Waals surface area contributed by atoms with Crippen molar-refractivity contribution in [2.75, 3.05) is 0 Å². The summed E-state index contributed by atoms with van der Waals surface area (Å²) in [6.45, 7) is 6.60. The van der Waals surface area contributed by atoms with E-state index in [2.05, 4.69) is 20.8 Å². The molecule has 0 aromatic carbocycles. The van der Waals surface area contributed by atoms with Crippen LogP contribution in [0.15, 0.2) is 0 Å². The molecule has 0 fully saturated rings. The first-order valence-electron chi connectivity index (χ1n) is 5.75. The van der Waals surface area contributed by atoms with Gasteiger partial charge in [-0.3, -0.25) is 0 Å². The number of hydrogen-bond acceptors (Lipinski definition) is 0. The number of halogens is 1. The summed E-state index contributed by atoms with van der Waals surface area (Å²) in [6.07, 6.45) is 8.49. The van der Waals surface area contributed by atoms with Gasteiger partial charge in [0, 0.05) is 14.0 Å². The fourth-order valence-electron chi connectivity index (χ4n) is 1.50. The second kappa shape index (κ2) is 7.87. The van der Waals surface area contributed by atoms with Crippen molar-refractivity contribution in [3.8, 4) is 0 Å². The molecule has 0 aromatic rings. The summed E-state index contributed by atoms with van der Waals surface area (Å²) < 4.78 is 0.156. The Balaban J connectivity index is 3.00. The molecule has 0 radical (unpaired) electrons. The molecule has 0 nitrogen and oxygen atoms in total. The summed E-state index contributed by atoms with van der Waals surface area (Å²) in [6, 6.07) is 1.43. The number of hydrogen-bond donors (Lipinski definition) is 0. The van der Waals surface area contributed by atoms with Gasteiger partial charge in [0.1, 0.15) is 0 Å². The summed E-state index contributed by atoms with van der Waals surface area (Å²) in [4.78, 5) is 0. The summed E-state index contributed by atoms with van der Waals surface area (Å²) in [5.74, 6) is 0. The van der Waals surface area contributed by atoms with Crippen LogP contribution in [0.4, 0.5) is 0 Å². The Morgan fingerprint density at radius 3 is 2.08 bits per heavy atom. The first-order chi connectivity index (χ1) is 6.06. The van der Waals surface area contributed by atoms with Gasteiger partial charge in [0.25, 0.3) is 0 Å². The van der Waals surface area contributed by atoms with Crippen molar-refractivity contribution in [1.29, 1.82) is 0 Å². The minimum atomic E-state index is -0.0244. The Bertz CT molecular complexity index is 107. The van der Waals surface area contributed by atoms with Gasteiger partial charge in [-0.2, -0.15) is 0 Å². The Hall–Kier alpha value is 0.507. The fourth-order valence-corrected chi connectivity index (χ4v) is 3.35. The van der Waals surface area contributed by atoms with Gasteiger partial charge >= 0.3 is 0 Å². The van der Waals surface area contributed by atoms with Gasteiger partial charge in [-0.15, -0.1) is 11.6 Å². The molecule has 0 aliphatic rings. The molecule has 2 heteroatoms. The van der Waals surface area contributed by atoms with E-state index in [9.17, 15) is 0 Å². The van der Waals surface area contributed by atoms with E-state index in [-0.39, 0.29) is 14.0 Å². The Morgan fingerprint density at radius 2 is 1.54 bits per heavy atom. The Morgan fingerprint density at radius 1 is 1.00 bits per heavy atom. The van der Waals surface area contributed by atoms with Crippen LogP contribution in [0.1, 0.15) is 59.3 Å². The minimum absolute atomic E-state index is 0.0244. The first-order valence-corrected chi connectivity index (χ1v) is 7.83. The molecule has 0 aliphatic carbocycles. The average Bonchev–Trinajstić information content (AvgIpc) is 2.01. The van der Waals surface area contributed by atoms with E-state index in [0.717, 1.165) is 0 Å². The van der Waals surface area contributed by atoms with Gasteiger partial charge in [0.15, 0.2) is 0 Å². The van der Waals surface area contributed by atoms with E-state index < -0.39 is 0 Å². The maximum Gasteiger partial charge on any atom is 0.0450 e. The predicted molar refractivity (Wildman–Crippen MR) is 66.7 cm³/mol. The molecule has 80 valence electrons. The third-order valence-corrected chi connectivity index (χ3v) is 4.98. The lowest BCUT2D eigenvalue weighted by atomic mass is 10.1. The maximum atomic E-state index is 6.16. The van der Waals surface area contributed by atoms with Crippen molar-refractivity contribution < 1.29 is 0 Å². The zero-order valence-corrected chi connectivity index (χ0v) is 11.7. The third kappa shape index (κ3) is 12.5. The molecule has 0 saturated heterocycles. The molecule has 0 spiro atoms. The second-order valence-corrected chi connectivity index (χ2v) is 9.04. The average molecular weight is 221 g/mol. The monoisotopic (exact) mass is 220 g/mol. The van der Waals surface area contributed by atoms with Crippen LogP contribution < -0.4 is 0 Å². The minimum Gasteiger partial charge on any atom is -0.124 e. The molecular formula is C11H25ClSi. The molecule has 0 heterocycles. The quantitative estimate of drug-likeness (QED) is 0.331. The van der Waals surface area contributed by atoms with Gasteiger partial charge in [-0.25, -0.2) is 0 Å². The van der Waals surface area contributed by atoms with Crippen molar-refractivity contribution in [1.82, 2.24) is 0 Å². The topological polar surface area (TPSA) is 0 Å². The van der Waals surface area contributed by atoms with Crippen molar-refractivity contribution in [3.05, 3.63) is 0 Å². The molecule has 13 heavy (non-hydrogen) atoms. The molecule has 0 aromatic heterocycles. The molecule has 0 N–H and O–H groups in total. The normalized spacial score (nSPS) is 12.9. The largest absolute Gasteiger partial charge is 0.124 e. The SMILES string of the molecule is CCCCCCCC[SiH2]C(C)(C)Cl. The summed E-state index contributed by atoms with van der Waals surface area (Å²) in [5, 5.41) is 0. The lowest BCUT2D eigenvalue weighted by Crippen LogP contribution is -2.19. The second-order valence-electron chi connectivity index (χ2n) is 4.59. The lowest BCUT2D eigenvalue weighted by molar-refractivity contribution is 0.623. The summed E-state index contributed by atoms with van der Waals surface area (Å²) >= 11 is 6.16. The Kier molecular flexibility index (Phi) is 8.18. The first kappa shape index (κ1) is 13.5. The number of rotatable bonds is 8.